The fourth-order valence-corrected chi connectivity index (χ4v) is 2.96. The first-order valence-electron chi connectivity index (χ1n) is 6.08. The lowest BCUT2D eigenvalue weighted by molar-refractivity contribution is 0.178. The van der Waals surface area contributed by atoms with Gasteiger partial charge in [0.25, 0.3) is 0 Å². The van der Waals surface area contributed by atoms with Crippen LogP contribution < -0.4 is 0 Å². The SMILES string of the molecule is OC(Cc1ccc(Cl)c(F)c1)c1cnc2ccsc2c1. The second-order valence-corrected chi connectivity index (χ2v) is 5.90. The zero-order chi connectivity index (χ0) is 14.1. The Hall–Kier alpha value is -1.49. The molecule has 1 N–H and O–H groups in total. The average Bonchev–Trinajstić information content (AvgIpc) is 2.90. The van der Waals surface area contributed by atoms with Crippen LogP contribution in [-0.2, 0) is 6.42 Å². The number of aromatic nitrogens is 1. The van der Waals surface area contributed by atoms with E-state index in [-0.39, 0.29) is 5.02 Å². The largest absolute Gasteiger partial charge is 0.388 e. The minimum atomic E-state index is -0.713. The third-order valence-electron chi connectivity index (χ3n) is 3.12. The summed E-state index contributed by atoms with van der Waals surface area (Å²) in [6, 6.07) is 8.42. The summed E-state index contributed by atoms with van der Waals surface area (Å²) in [5, 5.41) is 12.3. The van der Waals surface area contributed by atoms with Crippen LogP contribution in [0.3, 0.4) is 0 Å². The molecule has 2 aromatic heterocycles. The molecule has 0 aliphatic heterocycles. The quantitative estimate of drug-likeness (QED) is 0.779. The molecule has 0 fully saturated rings. The number of aliphatic hydroxyl groups excluding tert-OH is 1. The molecule has 0 saturated carbocycles. The Morgan fingerprint density at radius 1 is 1.30 bits per heavy atom. The van der Waals surface area contributed by atoms with Gasteiger partial charge in [0.15, 0.2) is 0 Å². The van der Waals surface area contributed by atoms with Crippen LogP contribution in [0, 0.1) is 5.82 Å². The molecule has 0 saturated heterocycles. The standard InChI is InChI=1S/C15H11ClFNOS/c16-11-2-1-9(5-12(11)17)6-14(19)10-7-15-13(18-8-10)3-4-20-15/h1-5,7-8,14,19H,6H2. The lowest BCUT2D eigenvalue weighted by Gasteiger charge is -2.11. The highest BCUT2D eigenvalue weighted by molar-refractivity contribution is 7.17. The van der Waals surface area contributed by atoms with Crippen molar-refractivity contribution in [3.05, 3.63) is 63.9 Å². The van der Waals surface area contributed by atoms with E-state index >= 15 is 0 Å². The van der Waals surface area contributed by atoms with Gasteiger partial charge in [0.05, 0.1) is 21.3 Å². The molecule has 1 aromatic carbocycles. The molecule has 0 spiro atoms. The number of rotatable bonds is 3. The highest BCUT2D eigenvalue weighted by Gasteiger charge is 2.12. The van der Waals surface area contributed by atoms with E-state index in [4.69, 9.17) is 11.6 Å². The zero-order valence-corrected chi connectivity index (χ0v) is 12.0. The summed E-state index contributed by atoms with van der Waals surface area (Å²) < 4.78 is 14.4. The predicted octanol–water partition coefficient (Wildman–Crippen LogP) is 4.36. The fourth-order valence-electron chi connectivity index (χ4n) is 2.05. The van der Waals surface area contributed by atoms with Crippen molar-refractivity contribution in [2.24, 2.45) is 0 Å². The maximum Gasteiger partial charge on any atom is 0.142 e. The van der Waals surface area contributed by atoms with Gasteiger partial charge < -0.3 is 5.11 Å². The Balaban J connectivity index is 1.84. The molecule has 2 nitrogen and oxygen atoms in total. The zero-order valence-electron chi connectivity index (χ0n) is 10.4. The summed E-state index contributed by atoms with van der Waals surface area (Å²) in [5.74, 6) is -0.469. The van der Waals surface area contributed by atoms with Gasteiger partial charge in [-0.3, -0.25) is 4.98 Å². The van der Waals surface area contributed by atoms with Gasteiger partial charge >= 0.3 is 0 Å². The molecule has 0 aliphatic rings. The highest BCUT2D eigenvalue weighted by Crippen LogP contribution is 2.25. The molecule has 102 valence electrons. The molecular weight excluding hydrogens is 297 g/mol. The van der Waals surface area contributed by atoms with E-state index in [2.05, 4.69) is 4.98 Å². The van der Waals surface area contributed by atoms with Gasteiger partial charge in [0, 0.05) is 18.2 Å². The van der Waals surface area contributed by atoms with Crippen molar-refractivity contribution in [1.82, 2.24) is 4.98 Å². The first-order chi connectivity index (χ1) is 9.63. The first-order valence-corrected chi connectivity index (χ1v) is 7.34. The van der Waals surface area contributed by atoms with E-state index in [1.165, 1.54) is 12.1 Å². The molecule has 0 amide bonds. The van der Waals surface area contributed by atoms with Gasteiger partial charge in [-0.05, 0) is 35.2 Å². The van der Waals surface area contributed by atoms with E-state index in [1.54, 1.807) is 23.6 Å². The second kappa shape index (κ2) is 5.48. The minimum absolute atomic E-state index is 0.0879. The maximum atomic E-state index is 13.4. The summed E-state index contributed by atoms with van der Waals surface area (Å²) in [4.78, 5) is 4.29. The van der Waals surface area contributed by atoms with Crippen LogP contribution in [0.4, 0.5) is 4.39 Å². The van der Waals surface area contributed by atoms with Crippen molar-refractivity contribution in [3.63, 3.8) is 0 Å². The van der Waals surface area contributed by atoms with Gasteiger partial charge in [-0.1, -0.05) is 17.7 Å². The van der Waals surface area contributed by atoms with Crippen LogP contribution in [-0.4, -0.2) is 10.1 Å². The van der Waals surface area contributed by atoms with E-state index in [9.17, 15) is 9.50 Å². The summed E-state index contributed by atoms with van der Waals surface area (Å²) in [7, 11) is 0. The highest BCUT2D eigenvalue weighted by atomic mass is 35.5. The number of aliphatic hydroxyl groups is 1. The van der Waals surface area contributed by atoms with Crippen molar-refractivity contribution in [2.45, 2.75) is 12.5 Å². The number of hydrogen-bond acceptors (Lipinski definition) is 3. The van der Waals surface area contributed by atoms with E-state index in [0.717, 1.165) is 15.8 Å². The summed E-state index contributed by atoms with van der Waals surface area (Å²) in [6.45, 7) is 0. The maximum absolute atomic E-state index is 13.4. The topological polar surface area (TPSA) is 33.1 Å². The van der Waals surface area contributed by atoms with Gasteiger partial charge in [0.2, 0.25) is 0 Å². The smallest absolute Gasteiger partial charge is 0.142 e. The number of thiophene rings is 1. The number of benzene rings is 1. The average molecular weight is 308 g/mol. The molecule has 1 atom stereocenters. The van der Waals surface area contributed by atoms with Crippen molar-refractivity contribution in [2.75, 3.05) is 0 Å². The van der Waals surface area contributed by atoms with Crippen molar-refractivity contribution in [1.29, 1.82) is 0 Å². The normalized spacial score (nSPS) is 12.8. The second-order valence-electron chi connectivity index (χ2n) is 4.54. The molecule has 2 heterocycles. The number of halogens is 2. The third-order valence-corrected chi connectivity index (χ3v) is 4.28. The Labute approximate surface area is 124 Å². The summed E-state index contributed by atoms with van der Waals surface area (Å²) in [6.07, 6.45) is 1.27. The van der Waals surface area contributed by atoms with Crippen molar-refractivity contribution >= 4 is 33.2 Å². The molecule has 0 radical (unpaired) electrons. The van der Waals surface area contributed by atoms with Crippen LogP contribution >= 0.6 is 22.9 Å². The Morgan fingerprint density at radius 3 is 2.95 bits per heavy atom. The van der Waals surface area contributed by atoms with Crippen LogP contribution in [0.15, 0.2) is 41.9 Å². The Morgan fingerprint density at radius 2 is 2.15 bits per heavy atom. The van der Waals surface area contributed by atoms with Crippen LogP contribution in [0.1, 0.15) is 17.2 Å². The monoisotopic (exact) mass is 307 g/mol. The fraction of sp³-hybridized carbons (Fsp3) is 0.133. The summed E-state index contributed by atoms with van der Waals surface area (Å²) in [5.41, 5.74) is 2.35. The Bertz CT molecular complexity index is 758. The number of nitrogens with zero attached hydrogens (tertiary/aromatic N) is 1. The number of fused-ring (bicyclic) bond motifs is 1. The van der Waals surface area contributed by atoms with Gasteiger partial charge in [0.1, 0.15) is 5.82 Å². The van der Waals surface area contributed by atoms with Crippen LogP contribution in [0.25, 0.3) is 10.2 Å². The predicted molar refractivity (Wildman–Crippen MR) is 79.7 cm³/mol. The molecule has 5 heteroatoms. The minimum Gasteiger partial charge on any atom is -0.388 e. The molecule has 0 aliphatic carbocycles. The lowest BCUT2D eigenvalue weighted by atomic mass is 10.0. The van der Waals surface area contributed by atoms with Gasteiger partial charge in [-0.2, -0.15) is 0 Å². The lowest BCUT2D eigenvalue weighted by Crippen LogP contribution is -2.02. The van der Waals surface area contributed by atoms with Crippen LogP contribution in [0.2, 0.25) is 5.02 Å². The molecule has 20 heavy (non-hydrogen) atoms. The van der Waals surface area contributed by atoms with E-state index in [1.807, 2.05) is 17.5 Å². The molecule has 3 aromatic rings. The Kier molecular flexibility index (Phi) is 3.70. The number of pyridine rings is 1. The first kappa shape index (κ1) is 13.5. The van der Waals surface area contributed by atoms with Crippen molar-refractivity contribution < 1.29 is 9.50 Å². The van der Waals surface area contributed by atoms with E-state index in [0.29, 0.717) is 12.0 Å². The van der Waals surface area contributed by atoms with Gasteiger partial charge in [-0.15, -0.1) is 11.3 Å². The van der Waals surface area contributed by atoms with Crippen molar-refractivity contribution in [3.8, 4) is 0 Å². The van der Waals surface area contributed by atoms with Gasteiger partial charge in [-0.25, -0.2) is 4.39 Å². The molecule has 1 unspecified atom stereocenters. The third kappa shape index (κ3) is 2.68. The number of hydrogen-bond donors (Lipinski definition) is 1. The molecule has 3 rings (SSSR count). The van der Waals surface area contributed by atoms with Crippen LogP contribution in [0.5, 0.6) is 0 Å². The molecular formula is C15H11ClFNOS. The summed E-state index contributed by atoms with van der Waals surface area (Å²) >= 11 is 7.22. The van der Waals surface area contributed by atoms with E-state index < -0.39 is 11.9 Å². The molecule has 0 bridgehead atoms.